The van der Waals surface area contributed by atoms with Crippen molar-refractivity contribution in [3.63, 3.8) is 0 Å². The normalized spacial score (nSPS) is 12.2. The number of benzene rings is 1. The molecule has 0 amide bonds. The van der Waals surface area contributed by atoms with Crippen molar-refractivity contribution in [3.05, 3.63) is 32.5 Å². The Labute approximate surface area is 124 Å². The van der Waals surface area contributed by atoms with E-state index in [9.17, 15) is 22.9 Å². The molecule has 6 nitrogen and oxygen atoms in total. The molecule has 9 heteroatoms. The van der Waals surface area contributed by atoms with Crippen LogP contribution in [0.4, 0.5) is 15.8 Å². The Hall–Kier alpha value is -1.22. The number of nitrogens with one attached hydrogen (secondary N) is 1. The lowest BCUT2D eigenvalue weighted by atomic mass is 10.2. The van der Waals surface area contributed by atoms with Crippen molar-refractivity contribution in [2.45, 2.75) is 18.6 Å². The third kappa shape index (κ3) is 3.66. The highest BCUT2D eigenvalue weighted by atomic mass is 79.9. The zero-order chi connectivity index (χ0) is 15.7. The first kappa shape index (κ1) is 16.8. The summed E-state index contributed by atoms with van der Waals surface area (Å²) < 4.78 is 35.4. The second-order valence-electron chi connectivity index (χ2n) is 4.93. The van der Waals surface area contributed by atoms with Gasteiger partial charge in [0.1, 0.15) is 11.5 Å². The molecule has 0 saturated heterocycles. The summed E-state index contributed by atoms with van der Waals surface area (Å²) in [6.07, 6.45) is 1.07. The third-order valence-corrected chi connectivity index (χ3v) is 5.70. The van der Waals surface area contributed by atoms with Crippen LogP contribution in [0.2, 0.25) is 0 Å². The lowest BCUT2D eigenvalue weighted by Crippen LogP contribution is -2.38. The van der Waals surface area contributed by atoms with Gasteiger partial charge in [-0.1, -0.05) is 0 Å². The smallest absolute Gasteiger partial charge is 0.293 e. The third-order valence-electron chi connectivity index (χ3n) is 2.94. The zero-order valence-corrected chi connectivity index (χ0v) is 13.5. The van der Waals surface area contributed by atoms with Gasteiger partial charge in [-0.2, -0.15) is 0 Å². The summed E-state index contributed by atoms with van der Waals surface area (Å²) in [6, 6.07) is 1.99. The van der Waals surface area contributed by atoms with Crippen LogP contribution in [0.5, 0.6) is 0 Å². The number of halogens is 2. The largest absolute Gasteiger partial charge is 0.378 e. The summed E-state index contributed by atoms with van der Waals surface area (Å²) >= 11 is 2.87. The fourth-order valence-electron chi connectivity index (χ4n) is 1.27. The summed E-state index contributed by atoms with van der Waals surface area (Å²) in [5.74, 6) is -0.671. The van der Waals surface area contributed by atoms with Crippen molar-refractivity contribution >= 4 is 37.1 Å². The highest BCUT2D eigenvalue weighted by Crippen LogP contribution is 2.31. The minimum Gasteiger partial charge on any atom is -0.378 e. The number of nitro groups is 1. The van der Waals surface area contributed by atoms with E-state index in [4.69, 9.17) is 0 Å². The van der Waals surface area contributed by atoms with E-state index in [1.165, 1.54) is 13.8 Å². The van der Waals surface area contributed by atoms with Crippen LogP contribution in [0.25, 0.3) is 0 Å². The maximum atomic E-state index is 13.4. The van der Waals surface area contributed by atoms with E-state index >= 15 is 0 Å². The molecule has 0 radical (unpaired) electrons. The maximum absolute atomic E-state index is 13.4. The van der Waals surface area contributed by atoms with Gasteiger partial charge in [0, 0.05) is 24.9 Å². The number of hydrogen-bond acceptors (Lipinski definition) is 5. The van der Waals surface area contributed by atoms with Crippen LogP contribution >= 0.6 is 15.9 Å². The molecule has 0 heterocycles. The van der Waals surface area contributed by atoms with Crippen molar-refractivity contribution in [2.75, 3.05) is 18.1 Å². The standard InChI is InChI=1S/C11H14BrFN2O4S/c1-11(2,20(3,18)19)6-14-9-5-8(13)7(12)4-10(9)15(16)17/h4-5,14H,6H2,1-3H3. The molecule has 0 unspecified atom stereocenters. The van der Waals surface area contributed by atoms with Crippen molar-refractivity contribution < 1.29 is 17.7 Å². The summed E-state index contributed by atoms with van der Waals surface area (Å²) in [4.78, 5) is 10.2. The number of anilines is 1. The van der Waals surface area contributed by atoms with Gasteiger partial charge in [0.05, 0.1) is 14.1 Å². The van der Waals surface area contributed by atoms with Crippen molar-refractivity contribution in [2.24, 2.45) is 0 Å². The molecule has 112 valence electrons. The van der Waals surface area contributed by atoms with Crippen molar-refractivity contribution in [1.29, 1.82) is 0 Å². The molecule has 0 spiro atoms. The number of rotatable bonds is 5. The average Bonchev–Trinajstić information content (AvgIpc) is 2.28. The Kier molecular flexibility index (Phi) is 4.75. The Balaban J connectivity index is 3.10. The van der Waals surface area contributed by atoms with Gasteiger partial charge in [0.15, 0.2) is 9.84 Å². The van der Waals surface area contributed by atoms with Gasteiger partial charge >= 0.3 is 0 Å². The van der Waals surface area contributed by atoms with E-state index in [-0.39, 0.29) is 22.4 Å². The first-order valence-corrected chi connectivity index (χ1v) is 8.21. The van der Waals surface area contributed by atoms with E-state index < -0.39 is 25.3 Å². The quantitative estimate of drug-likeness (QED) is 0.637. The van der Waals surface area contributed by atoms with E-state index in [2.05, 4.69) is 21.2 Å². The van der Waals surface area contributed by atoms with Crippen LogP contribution in [0.1, 0.15) is 13.8 Å². The van der Waals surface area contributed by atoms with Crippen LogP contribution < -0.4 is 5.32 Å². The minimum atomic E-state index is -3.36. The van der Waals surface area contributed by atoms with E-state index in [1.807, 2.05) is 0 Å². The predicted octanol–water partition coefficient (Wildman–Crippen LogP) is 2.73. The van der Waals surface area contributed by atoms with Gasteiger partial charge in [0.2, 0.25) is 0 Å². The SMILES string of the molecule is CC(C)(CNc1cc(F)c(Br)cc1[N+](=O)[O-])S(C)(=O)=O. The number of nitrogens with zero attached hydrogens (tertiary/aromatic N) is 1. The molecule has 0 aliphatic carbocycles. The molecule has 1 N–H and O–H groups in total. The molecule has 0 saturated carbocycles. The fourth-order valence-corrected chi connectivity index (χ4v) is 1.93. The summed E-state index contributed by atoms with van der Waals surface area (Å²) in [5.41, 5.74) is -0.394. The number of sulfone groups is 1. The summed E-state index contributed by atoms with van der Waals surface area (Å²) in [5, 5.41) is 13.5. The summed E-state index contributed by atoms with van der Waals surface area (Å²) in [6.45, 7) is 2.89. The van der Waals surface area contributed by atoms with Crippen molar-refractivity contribution in [1.82, 2.24) is 0 Å². The molecule has 1 rings (SSSR count). The van der Waals surface area contributed by atoms with Crippen LogP contribution in [0.3, 0.4) is 0 Å². The minimum absolute atomic E-state index is 0.0304. The van der Waals surface area contributed by atoms with E-state index in [0.717, 1.165) is 18.4 Å². The molecule has 0 fully saturated rings. The molecular weight excluding hydrogens is 355 g/mol. The van der Waals surface area contributed by atoms with Gasteiger partial charge in [-0.15, -0.1) is 0 Å². The topological polar surface area (TPSA) is 89.3 Å². The molecule has 20 heavy (non-hydrogen) atoms. The lowest BCUT2D eigenvalue weighted by molar-refractivity contribution is -0.384. The van der Waals surface area contributed by atoms with Crippen LogP contribution in [-0.4, -0.2) is 30.9 Å². The molecule has 0 aliphatic heterocycles. The van der Waals surface area contributed by atoms with Gasteiger partial charge in [-0.3, -0.25) is 10.1 Å². The summed E-state index contributed by atoms with van der Waals surface area (Å²) in [7, 11) is -3.36. The Morgan fingerprint density at radius 3 is 2.45 bits per heavy atom. The molecule has 1 aromatic carbocycles. The van der Waals surface area contributed by atoms with Crippen LogP contribution in [0, 0.1) is 15.9 Å². The van der Waals surface area contributed by atoms with Crippen LogP contribution in [-0.2, 0) is 9.84 Å². The zero-order valence-electron chi connectivity index (χ0n) is 11.1. The highest BCUT2D eigenvalue weighted by molar-refractivity contribution is 9.10. The molecule has 1 aromatic rings. The monoisotopic (exact) mass is 368 g/mol. The lowest BCUT2D eigenvalue weighted by Gasteiger charge is -2.23. The Morgan fingerprint density at radius 1 is 1.45 bits per heavy atom. The Morgan fingerprint density at radius 2 is 2.00 bits per heavy atom. The molecule has 0 atom stereocenters. The first-order chi connectivity index (χ1) is 8.95. The second kappa shape index (κ2) is 5.65. The van der Waals surface area contributed by atoms with E-state index in [0.29, 0.717) is 0 Å². The predicted molar refractivity (Wildman–Crippen MR) is 78.2 cm³/mol. The van der Waals surface area contributed by atoms with Gasteiger partial charge in [-0.25, -0.2) is 12.8 Å². The molecule has 0 aliphatic rings. The maximum Gasteiger partial charge on any atom is 0.293 e. The fraction of sp³-hybridized carbons (Fsp3) is 0.455. The van der Waals surface area contributed by atoms with Gasteiger partial charge < -0.3 is 5.32 Å². The number of hydrogen-bond donors (Lipinski definition) is 1. The first-order valence-electron chi connectivity index (χ1n) is 5.52. The molecular formula is C11H14BrFN2O4S. The second-order valence-corrected chi connectivity index (χ2v) is 8.43. The highest BCUT2D eigenvalue weighted by Gasteiger charge is 2.31. The van der Waals surface area contributed by atoms with Crippen LogP contribution in [0.15, 0.2) is 16.6 Å². The van der Waals surface area contributed by atoms with Crippen molar-refractivity contribution in [3.8, 4) is 0 Å². The average molecular weight is 369 g/mol. The number of nitro benzene ring substituents is 1. The molecule has 0 aromatic heterocycles. The van der Waals surface area contributed by atoms with Gasteiger partial charge in [-0.05, 0) is 29.8 Å². The van der Waals surface area contributed by atoms with E-state index in [1.54, 1.807) is 0 Å². The molecule has 0 bridgehead atoms. The van der Waals surface area contributed by atoms with Gasteiger partial charge in [0.25, 0.3) is 5.69 Å². The Bertz CT molecular complexity index is 646.